The van der Waals surface area contributed by atoms with Gasteiger partial charge in [0.25, 0.3) is 0 Å². The van der Waals surface area contributed by atoms with Gasteiger partial charge in [0.05, 0.1) is 29.4 Å². The van der Waals surface area contributed by atoms with E-state index in [1.54, 1.807) is 0 Å². The van der Waals surface area contributed by atoms with E-state index >= 15 is 0 Å². The molecule has 0 saturated heterocycles. The zero-order chi connectivity index (χ0) is 39.3. The lowest BCUT2D eigenvalue weighted by Crippen LogP contribution is -2.41. The average Bonchev–Trinajstić information content (AvgIpc) is 3.08. The summed E-state index contributed by atoms with van der Waals surface area (Å²) in [6.45, 7) is 35.7. The Hall–Kier alpha value is -2.61. The van der Waals surface area contributed by atoms with Crippen LogP contribution in [0.5, 0.6) is 11.5 Å². The fraction of sp³-hybridized carbons (Fsp3) is 0.583. The molecule has 0 saturated carbocycles. The summed E-state index contributed by atoms with van der Waals surface area (Å²) in [7, 11) is -3.33. The van der Waals surface area contributed by atoms with Crippen molar-refractivity contribution in [2.24, 2.45) is 10.8 Å². The molecule has 3 nitrogen and oxygen atoms in total. The first kappa shape index (κ1) is 43.1. The molecule has 4 rings (SSSR count). The van der Waals surface area contributed by atoms with Crippen LogP contribution in [0.15, 0.2) is 84.0 Å². The third-order valence-electron chi connectivity index (χ3n) is 11.3. The number of ether oxygens (including phenoxy) is 3. The normalized spacial score (nSPS) is 21.0. The maximum Gasteiger partial charge on any atom is 0.122 e. The molecule has 53 heavy (non-hydrogen) atoms. The second-order valence-electron chi connectivity index (χ2n) is 19.9. The largest absolute Gasteiger partial charge is 0.493 e. The summed E-state index contributed by atoms with van der Waals surface area (Å²) in [6.07, 6.45) is 20.4. The minimum Gasteiger partial charge on any atom is -0.493 e. The van der Waals surface area contributed by atoms with E-state index in [1.807, 2.05) is 0 Å². The van der Waals surface area contributed by atoms with Crippen molar-refractivity contribution < 1.29 is 14.2 Å². The molecular weight excluding hydrogens is 681 g/mol. The molecule has 2 aliphatic carbocycles. The second kappa shape index (κ2) is 17.0. The van der Waals surface area contributed by atoms with E-state index in [-0.39, 0.29) is 21.7 Å². The quantitative estimate of drug-likeness (QED) is 0.126. The molecule has 2 unspecified atom stereocenters. The topological polar surface area (TPSA) is 27.7 Å². The number of rotatable bonds is 16. The van der Waals surface area contributed by atoms with E-state index in [4.69, 9.17) is 14.2 Å². The molecule has 5 heteroatoms. The highest BCUT2D eigenvalue weighted by atomic mass is 28.3. The van der Waals surface area contributed by atoms with Gasteiger partial charge in [-0.25, -0.2) is 0 Å². The van der Waals surface area contributed by atoms with E-state index in [0.29, 0.717) is 13.2 Å². The summed E-state index contributed by atoms with van der Waals surface area (Å²) in [5.41, 5.74) is 5.29. The smallest absolute Gasteiger partial charge is 0.122 e. The number of allylic oxidation sites excluding steroid dienone is 8. The predicted molar refractivity (Wildman–Crippen MR) is 236 cm³/mol. The molecule has 0 amide bonds. The first-order valence-corrected chi connectivity index (χ1v) is 27.6. The summed E-state index contributed by atoms with van der Waals surface area (Å²) >= 11 is 0. The number of hydrogen-bond donors (Lipinski definition) is 0. The highest BCUT2D eigenvalue weighted by Gasteiger charge is 2.39. The second-order valence-corrected chi connectivity index (χ2v) is 30.0. The van der Waals surface area contributed by atoms with Crippen molar-refractivity contribution in [2.45, 2.75) is 144 Å². The van der Waals surface area contributed by atoms with Crippen molar-refractivity contribution in [3.8, 4) is 11.5 Å². The summed E-state index contributed by atoms with van der Waals surface area (Å²) in [6, 6.07) is 13.8. The van der Waals surface area contributed by atoms with Gasteiger partial charge in [-0.1, -0.05) is 168 Å². The third kappa shape index (κ3) is 10.4. The fourth-order valence-electron chi connectivity index (χ4n) is 7.88. The van der Waals surface area contributed by atoms with Gasteiger partial charge in [0.2, 0.25) is 0 Å². The highest BCUT2D eigenvalue weighted by Crippen LogP contribution is 2.46. The summed E-state index contributed by atoms with van der Waals surface area (Å²) in [5, 5.41) is 2.83. The van der Waals surface area contributed by atoms with Crippen LogP contribution in [-0.4, -0.2) is 42.6 Å². The van der Waals surface area contributed by atoms with Crippen LogP contribution in [0.3, 0.4) is 0 Å². The SMILES string of the molecule is CCCOc1c(C2(CCOCCC3(c4cccc([Si](C)(C)C)c4OCCC)C=CC(C(C)(C)C)=CC3)C=CC(C(C)(C)C)=CC2)cccc1[Si](C)(C)C. The van der Waals surface area contributed by atoms with E-state index in [2.05, 4.69) is 168 Å². The van der Waals surface area contributed by atoms with E-state index in [1.165, 1.54) is 32.6 Å². The minimum absolute atomic E-state index is 0.108. The van der Waals surface area contributed by atoms with Gasteiger partial charge in [0.15, 0.2) is 0 Å². The number of benzene rings is 2. The zero-order valence-electron chi connectivity index (χ0n) is 36.2. The van der Waals surface area contributed by atoms with E-state index in [0.717, 1.165) is 63.2 Å². The van der Waals surface area contributed by atoms with Crippen LogP contribution >= 0.6 is 0 Å². The first-order chi connectivity index (χ1) is 24.7. The van der Waals surface area contributed by atoms with Gasteiger partial charge < -0.3 is 14.2 Å². The molecule has 2 atom stereocenters. The molecule has 0 heterocycles. The molecule has 2 aromatic rings. The van der Waals surface area contributed by atoms with Crippen LogP contribution in [0.4, 0.5) is 0 Å². The number of hydrogen-bond acceptors (Lipinski definition) is 3. The maximum absolute atomic E-state index is 6.78. The summed E-state index contributed by atoms with van der Waals surface area (Å²) in [5.74, 6) is 2.25. The third-order valence-corrected chi connectivity index (χ3v) is 15.3. The van der Waals surface area contributed by atoms with Crippen molar-refractivity contribution >= 4 is 26.5 Å². The minimum atomic E-state index is -1.66. The average molecular weight is 755 g/mol. The highest BCUT2D eigenvalue weighted by molar-refractivity contribution is 6.89. The molecule has 0 spiro atoms. The molecule has 0 N–H and O–H groups in total. The monoisotopic (exact) mass is 755 g/mol. The first-order valence-electron chi connectivity index (χ1n) is 20.6. The predicted octanol–water partition coefficient (Wildman–Crippen LogP) is 12.2. The Labute approximate surface area is 327 Å². The van der Waals surface area contributed by atoms with Crippen molar-refractivity contribution in [2.75, 3.05) is 26.4 Å². The van der Waals surface area contributed by atoms with Crippen LogP contribution in [0, 0.1) is 10.8 Å². The van der Waals surface area contributed by atoms with Crippen molar-refractivity contribution in [3.05, 3.63) is 95.1 Å². The molecular formula is C48H74O3Si2. The molecule has 0 aliphatic heterocycles. The molecule has 2 aliphatic rings. The summed E-state index contributed by atoms with van der Waals surface area (Å²) in [4.78, 5) is 0. The van der Waals surface area contributed by atoms with Crippen molar-refractivity contribution in [1.29, 1.82) is 0 Å². The lowest BCUT2D eigenvalue weighted by atomic mass is 9.69. The Morgan fingerprint density at radius 2 is 0.943 bits per heavy atom. The van der Waals surface area contributed by atoms with Gasteiger partial charge in [-0.15, -0.1) is 0 Å². The number of para-hydroxylation sites is 2. The van der Waals surface area contributed by atoms with Gasteiger partial charge in [-0.2, -0.15) is 0 Å². The molecule has 0 aromatic heterocycles. The fourth-order valence-corrected chi connectivity index (χ4v) is 10.8. The van der Waals surface area contributed by atoms with Crippen LogP contribution in [0.1, 0.15) is 105 Å². The Bertz CT molecular complexity index is 1540. The molecule has 292 valence electrons. The lowest BCUT2D eigenvalue weighted by Gasteiger charge is -2.38. The van der Waals surface area contributed by atoms with Crippen LogP contribution < -0.4 is 19.8 Å². The van der Waals surface area contributed by atoms with Crippen LogP contribution in [0.25, 0.3) is 0 Å². The summed E-state index contributed by atoms with van der Waals surface area (Å²) < 4.78 is 20.2. The standard InChI is InChI=1S/C48H74O3Si2/c1-15-33-50-43-39(19-17-21-41(43)52(9,10)11)47(27-23-37(24-28-47)45(3,4)5)31-35-49-36-32-48(29-25-38(26-30-48)46(6,7)8)40-20-18-22-42(53(12,13)14)44(40)51-34-16-2/h17-27,29H,15-16,28,30-36H2,1-14H3. The Morgan fingerprint density at radius 1 is 0.566 bits per heavy atom. The lowest BCUT2D eigenvalue weighted by molar-refractivity contribution is 0.105. The molecule has 2 aromatic carbocycles. The molecule has 0 radical (unpaired) electrons. The Kier molecular flexibility index (Phi) is 13.9. The van der Waals surface area contributed by atoms with Crippen molar-refractivity contribution in [3.63, 3.8) is 0 Å². The maximum atomic E-state index is 6.78. The van der Waals surface area contributed by atoms with Crippen LogP contribution in [0.2, 0.25) is 39.3 Å². The Balaban J connectivity index is 1.67. The van der Waals surface area contributed by atoms with Gasteiger partial charge in [0.1, 0.15) is 11.5 Å². The zero-order valence-corrected chi connectivity index (χ0v) is 38.2. The van der Waals surface area contributed by atoms with Gasteiger partial charge in [0, 0.05) is 35.2 Å². The van der Waals surface area contributed by atoms with Gasteiger partial charge in [-0.3, -0.25) is 0 Å². The van der Waals surface area contributed by atoms with E-state index < -0.39 is 16.1 Å². The molecule has 0 bridgehead atoms. The van der Waals surface area contributed by atoms with Crippen molar-refractivity contribution in [1.82, 2.24) is 0 Å². The van der Waals surface area contributed by atoms with E-state index in [9.17, 15) is 0 Å². The van der Waals surface area contributed by atoms with Crippen LogP contribution in [-0.2, 0) is 15.6 Å². The molecule has 0 fully saturated rings. The van der Waals surface area contributed by atoms with Gasteiger partial charge in [-0.05, 0) is 70.9 Å². The Morgan fingerprint density at radius 3 is 1.23 bits per heavy atom. The van der Waals surface area contributed by atoms with Gasteiger partial charge >= 0.3 is 0 Å².